The highest BCUT2D eigenvalue weighted by atomic mass is 32.2. The van der Waals surface area contributed by atoms with Crippen LogP contribution in [0.2, 0.25) is 0 Å². The number of pyridine rings is 1. The molecule has 4 aromatic rings. The molecule has 0 saturated heterocycles. The molecule has 6 nitrogen and oxygen atoms in total. The van der Waals surface area contributed by atoms with E-state index in [1.807, 2.05) is 19.1 Å². The highest BCUT2D eigenvalue weighted by molar-refractivity contribution is 7.99. The number of hydrogen-bond donors (Lipinski definition) is 1. The Balaban J connectivity index is 1.64. The van der Waals surface area contributed by atoms with Crippen LogP contribution in [0.3, 0.4) is 0 Å². The molecule has 168 valence electrons. The van der Waals surface area contributed by atoms with Gasteiger partial charge >= 0.3 is 6.18 Å². The molecule has 0 saturated carbocycles. The average Bonchev–Trinajstić information content (AvgIpc) is 3.23. The van der Waals surface area contributed by atoms with Crippen molar-refractivity contribution in [2.75, 3.05) is 11.1 Å². The van der Waals surface area contributed by atoms with Gasteiger partial charge in [0.1, 0.15) is 0 Å². The van der Waals surface area contributed by atoms with E-state index in [-0.39, 0.29) is 17.3 Å². The smallest absolute Gasteiger partial charge is 0.325 e. The molecule has 0 unspecified atom stereocenters. The third kappa shape index (κ3) is 5.40. The van der Waals surface area contributed by atoms with E-state index in [9.17, 15) is 18.0 Å². The number of aryl methyl sites for hydroxylation is 1. The molecule has 2 aromatic carbocycles. The fourth-order valence-electron chi connectivity index (χ4n) is 3.07. The number of thioether (sulfide) groups is 1. The van der Waals surface area contributed by atoms with Crippen LogP contribution in [0.5, 0.6) is 0 Å². The van der Waals surface area contributed by atoms with E-state index < -0.39 is 11.7 Å². The van der Waals surface area contributed by atoms with E-state index in [4.69, 9.17) is 0 Å². The SMILES string of the molecule is Cc1ccc(NC(=O)CSc2nnc(-c3ccncc3)n2-c2cccc(C(F)(F)F)c2)cc1. The Kier molecular flexibility index (Phi) is 6.45. The standard InChI is InChI=1S/C23H18F3N5OS/c1-15-5-7-18(8-6-15)28-20(32)14-33-22-30-29-21(16-9-11-27-12-10-16)31(22)19-4-2-3-17(13-19)23(24,25)26/h2-13H,14H2,1H3,(H,28,32). The highest BCUT2D eigenvalue weighted by Crippen LogP contribution is 2.33. The molecule has 4 rings (SSSR count). The van der Waals surface area contributed by atoms with Gasteiger partial charge in [-0.15, -0.1) is 10.2 Å². The lowest BCUT2D eigenvalue weighted by molar-refractivity contribution is -0.137. The van der Waals surface area contributed by atoms with Crippen LogP contribution in [0.15, 0.2) is 78.2 Å². The molecule has 0 spiro atoms. The predicted molar refractivity (Wildman–Crippen MR) is 120 cm³/mol. The lowest BCUT2D eigenvalue weighted by atomic mass is 10.2. The second-order valence-electron chi connectivity index (χ2n) is 7.13. The number of aromatic nitrogens is 4. The van der Waals surface area contributed by atoms with Gasteiger partial charge < -0.3 is 5.32 Å². The fourth-order valence-corrected chi connectivity index (χ4v) is 3.82. The van der Waals surface area contributed by atoms with Gasteiger partial charge in [-0.1, -0.05) is 35.5 Å². The summed E-state index contributed by atoms with van der Waals surface area (Å²) < 4.78 is 41.4. The second-order valence-corrected chi connectivity index (χ2v) is 8.07. The molecule has 0 bridgehead atoms. The molecule has 0 aliphatic rings. The van der Waals surface area contributed by atoms with E-state index in [2.05, 4.69) is 20.5 Å². The minimum absolute atomic E-state index is 0.00131. The van der Waals surface area contributed by atoms with Crippen LogP contribution in [-0.2, 0) is 11.0 Å². The maximum absolute atomic E-state index is 13.3. The van der Waals surface area contributed by atoms with Crippen molar-refractivity contribution < 1.29 is 18.0 Å². The number of nitrogens with zero attached hydrogens (tertiary/aromatic N) is 4. The quantitative estimate of drug-likeness (QED) is 0.384. The second kappa shape index (κ2) is 9.45. The molecule has 0 atom stereocenters. The van der Waals surface area contributed by atoms with Gasteiger partial charge in [0.15, 0.2) is 11.0 Å². The van der Waals surface area contributed by atoms with Gasteiger partial charge in [0.2, 0.25) is 5.91 Å². The number of carbonyl (C=O) groups excluding carboxylic acids is 1. The van der Waals surface area contributed by atoms with Crippen molar-refractivity contribution in [1.29, 1.82) is 0 Å². The van der Waals surface area contributed by atoms with Crippen LogP contribution in [0.4, 0.5) is 18.9 Å². The van der Waals surface area contributed by atoms with Crippen molar-refractivity contribution in [2.24, 2.45) is 0 Å². The fraction of sp³-hybridized carbons (Fsp3) is 0.130. The maximum atomic E-state index is 13.3. The van der Waals surface area contributed by atoms with Gasteiger partial charge in [-0.05, 0) is 49.4 Å². The van der Waals surface area contributed by atoms with Crippen molar-refractivity contribution in [1.82, 2.24) is 19.7 Å². The molecule has 0 radical (unpaired) electrons. The highest BCUT2D eigenvalue weighted by Gasteiger charge is 2.31. The summed E-state index contributed by atoms with van der Waals surface area (Å²) in [7, 11) is 0. The number of alkyl halides is 3. The molecule has 0 aliphatic carbocycles. The van der Waals surface area contributed by atoms with Gasteiger partial charge in [0, 0.05) is 23.6 Å². The van der Waals surface area contributed by atoms with E-state index in [0.717, 1.165) is 29.5 Å². The molecule has 33 heavy (non-hydrogen) atoms. The summed E-state index contributed by atoms with van der Waals surface area (Å²) in [6.07, 6.45) is -1.38. The van der Waals surface area contributed by atoms with E-state index >= 15 is 0 Å². The Hall–Kier alpha value is -3.66. The molecular formula is C23H18F3N5OS. The van der Waals surface area contributed by atoms with Gasteiger partial charge in [0.25, 0.3) is 0 Å². The molecule has 1 amide bonds. The number of hydrogen-bond acceptors (Lipinski definition) is 5. The lowest BCUT2D eigenvalue weighted by Crippen LogP contribution is -2.14. The maximum Gasteiger partial charge on any atom is 0.416 e. The number of carbonyl (C=O) groups is 1. The molecule has 2 aromatic heterocycles. The predicted octanol–water partition coefficient (Wildman–Crippen LogP) is 5.39. The minimum Gasteiger partial charge on any atom is -0.325 e. The van der Waals surface area contributed by atoms with Crippen molar-refractivity contribution >= 4 is 23.4 Å². The Labute approximate surface area is 191 Å². The van der Waals surface area contributed by atoms with Crippen LogP contribution in [0.1, 0.15) is 11.1 Å². The first kappa shape index (κ1) is 22.5. The number of halogens is 3. The summed E-state index contributed by atoms with van der Waals surface area (Å²) in [6, 6.07) is 15.6. The van der Waals surface area contributed by atoms with Crippen LogP contribution in [0.25, 0.3) is 17.1 Å². The molecule has 1 N–H and O–H groups in total. The zero-order valence-corrected chi connectivity index (χ0v) is 18.2. The summed E-state index contributed by atoms with van der Waals surface area (Å²) in [5.74, 6) is 0.0764. The Bertz CT molecular complexity index is 1260. The molecule has 0 aliphatic heterocycles. The minimum atomic E-state index is -4.50. The van der Waals surface area contributed by atoms with E-state index in [1.165, 1.54) is 10.6 Å². The summed E-state index contributed by atoms with van der Waals surface area (Å²) in [5.41, 5.74) is 1.81. The first-order valence-electron chi connectivity index (χ1n) is 9.84. The van der Waals surface area contributed by atoms with E-state index in [0.29, 0.717) is 22.2 Å². The third-order valence-corrected chi connectivity index (χ3v) is 5.60. The molecular weight excluding hydrogens is 451 g/mol. The summed E-state index contributed by atoms with van der Waals surface area (Å²) in [5, 5.41) is 11.4. The molecule has 10 heteroatoms. The first-order chi connectivity index (χ1) is 15.8. The zero-order chi connectivity index (χ0) is 23.4. The monoisotopic (exact) mass is 469 g/mol. The number of rotatable bonds is 6. The van der Waals surface area contributed by atoms with Crippen molar-refractivity contribution in [3.8, 4) is 17.1 Å². The van der Waals surface area contributed by atoms with Crippen molar-refractivity contribution in [3.05, 3.63) is 84.2 Å². The largest absolute Gasteiger partial charge is 0.416 e. The van der Waals surface area contributed by atoms with Crippen LogP contribution in [-0.4, -0.2) is 31.4 Å². The van der Waals surface area contributed by atoms with E-state index in [1.54, 1.807) is 42.7 Å². The Morgan fingerprint density at radius 3 is 2.45 bits per heavy atom. The number of benzene rings is 2. The molecule has 0 fully saturated rings. The van der Waals surface area contributed by atoms with Crippen LogP contribution in [0, 0.1) is 6.92 Å². The van der Waals surface area contributed by atoms with Crippen LogP contribution >= 0.6 is 11.8 Å². The third-order valence-electron chi connectivity index (χ3n) is 4.67. The first-order valence-corrected chi connectivity index (χ1v) is 10.8. The molecule has 2 heterocycles. The normalized spacial score (nSPS) is 11.4. The van der Waals surface area contributed by atoms with Crippen molar-refractivity contribution in [2.45, 2.75) is 18.3 Å². The van der Waals surface area contributed by atoms with Gasteiger partial charge in [-0.3, -0.25) is 14.3 Å². The number of amides is 1. The topological polar surface area (TPSA) is 72.7 Å². The lowest BCUT2D eigenvalue weighted by Gasteiger charge is -2.13. The Morgan fingerprint density at radius 1 is 1.03 bits per heavy atom. The Morgan fingerprint density at radius 2 is 1.76 bits per heavy atom. The van der Waals surface area contributed by atoms with Gasteiger partial charge in [-0.25, -0.2) is 0 Å². The summed E-state index contributed by atoms with van der Waals surface area (Å²) in [4.78, 5) is 16.4. The van der Waals surface area contributed by atoms with Gasteiger partial charge in [0.05, 0.1) is 17.0 Å². The summed E-state index contributed by atoms with van der Waals surface area (Å²) >= 11 is 1.08. The zero-order valence-electron chi connectivity index (χ0n) is 17.4. The van der Waals surface area contributed by atoms with Gasteiger partial charge in [-0.2, -0.15) is 13.2 Å². The summed E-state index contributed by atoms with van der Waals surface area (Å²) in [6.45, 7) is 1.95. The number of anilines is 1. The number of nitrogens with one attached hydrogen (secondary N) is 1. The van der Waals surface area contributed by atoms with Crippen LogP contribution < -0.4 is 5.32 Å². The average molecular weight is 469 g/mol. The van der Waals surface area contributed by atoms with Crippen molar-refractivity contribution in [3.63, 3.8) is 0 Å².